The molecule has 2 rings (SSSR count). The van der Waals surface area contributed by atoms with Crippen LogP contribution in [0, 0.1) is 0 Å². The van der Waals surface area contributed by atoms with Crippen molar-refractivity contribution in [2.24, 2.45) is 0 Å². The monoisotopic (exact) mass is 297 g/mol. The molecule has 3 N–H and O–H groups in total. The number of amides is 1. The van der Waals surface area contributed by atoms with E-state index in [0.717, 1.165) is 19.3 Å². The number of carbonyl (C=O) groups excluding carboxylic acids is 1. The number of carboxylic acid groups (broad SMARTS) is 1. The van der Waals surface area contributed by atoms with Crippen LogP contribution in [0.5, 0.6) is 0 Å². The highest BCUT2D eigenvalue weighted by atomic mass is 16.5. The van der Waals surface area contributed by atoms with Gasteiger partial charge in [0.15, 0.2) is 0 Å². The van der Waals surface area contributed by atoms with Crippen LogP contribution >= 0.6 is 0 Å². The number of ether oxygens (including phenoxy) is 2. The first-order chi connectivity index (χ1) is 10.1. The first kappa shape index (κ1) is 15.5. The third-order valence-corrected chi connectivity index (χ3v) is 3.51. The molecule has 116 valence electrons. The molecular weight excluding hydrogens is 278 g/mol. The molecule has 0 aromatic carbocycles. The average molecular weight is 297 g/mol. The molecule has 8 heteroatoms. The molecule has 21 heavy (non-hydrogen) atoms. The van der Waals surface area contributed by atoms with E-state index in [4.69, 9.17) is 14.6 Å². The number of rotatable bonds is 8. The standard InChI is InChI=1S/C13H19N3O5/c1-20-5-6-21-8-10(17)16-13(3-2-4-13)12-14-7-9(15-12)11(18)19/h7H,2-6,8H2,1H3,(H,14,15)(H,16,17)(H,18,19). The number of methoxy groups -OCH3 is 1. The van der Waals surface area contributed by atoms with Gasteiger partial charge < -0.3 is 24.9 Å². The van der Waals surface area contributed by atoms with Crippen LogP contribution in [0.1, 0.15) is 35.6 Å². The van der Waals surface area contributed by atoms with Crippen LogP contribution in [0.4, 0.5) is 0 Å². The molecule has 1 aliphatic rings. The second-order valence-electron chi connectivity index (χ2n) is 4.98. The van der Waals surface area contributed by atoms with E-state index in [-0.39, 0.29) is 18.2 Å². The van der Waals surface area contributed by atoms with Crippen molar-refractivity contribution < 1.29 is 24.2 Å². The number of aromatic carboxylic acids is 1. The summed E-state index contributed by atoms with van der Waals surface area (Å²) >= 11 is 0. The van der Waals surface area contributed by atoms with Crippen LogP contribution in [0.2, 0.25) is 0 Å². The number of H-pyrrole nitrogens is 1. The van der Waals surface area contributed by atoms with Crippen LogP contribution in [0.3, 0.4) is 0 Å². The molecule has 1 saturated carbocycles. The molecule has 0 aliphatic heterocycles. The summed E-state index contributed by atoms with van der Waals surface area (Å²) in [5.74, 6) is -0.840. The number of imidazole rings is 1. The summed E-state index contributed by atoms with van der Waals surface area (Å²) in [6, 6.07) is 0. The average Bonchev–Trinajstić information content (AvgIpc) is 2.89. The zero-order valence-corrected chi connectivity index (χ0v) is 11.8. The van der Waals surface area contributed by atoms with Crippen molar-refractivity contribution >= 4 is 11.9 Å². The van der Waals surface area contributed by atoms with E-state index >= 15 is 0 Å². The van der Waals surface area contributed by atoms with Gasteiger partial charge in [-0.3, -0.25) is 4.79 Å². The number of carbonyl (C=O) groups is 2. The lowest BCUT2D eigenvalue weighted by Crippen LogP contribution is -2.52. The number of aromatic nitrogens is 2. The van der Waals surface area contributed by atoms with E-state index in [1.807, 2.05) is 0 Å². The first-order valence-corrected chi connectivity index (χ1v) is 6.74. The Balaban J connectivity index is 1.94. The summed E-state index contributed by atoms with van der Waals surface area (Å²) in [4.78, 5) is 29.6. The Morgan fingerprint density at radius 3 is 2.76 bits per heavy atom. The highest BCUT2D eigenvalue weighted by Crippen LogP contribution is 2.39. The number of hydrogen-bond donors (Lipinski definition) is 3. The van der Waals surface area contributed by atoms with E-state index in [9.17, 15) is 9.59 Å². The predicted molar refractivity (Wildman–Crippen MR) is 71.9 cm³/mol. The second-order valence-corrected chi connectivity index (χ2v) is 4.98. The lowest BCUT2D eigenvalue weighted by Gasteiger charge is -2.40. The van der Waals surface area contributed by atoms with Crippen molar-refractivity contribution in [1.82, 2.24) is 15.3 Å². The molecule has 0 saturated heterocycles. The fourth-order valence-corrected chi connectivity index (χ4v) is 2.23. The van der Waals surface area contributed by atoms with Crippen LogP contribution in [-0.4, -0.2) is 53.9 Å². The number of carboxylic acids is 1. The van der Waals surface area contributed by atoms with E-state index in [2.05, 4.69) is 15.3 Å². The fourth-order valence-electron chi connectivity index (χ4n) is 2.23. The van der Waals surface area contributed by atoms with Gasteiger partial charge in [0.2, 0.25) is 5.91 Å². The molecule has 1 aromatic heterocycles. The van der Waals surface area contributed by atoms with Gasteiger partial charge in [0.25, 0.3) is 0 Å². The number of aromatic amines is 1. The molecule has 1 heterocycles. The molecule has 1 fully saturated rings. The zero-order chi connectivity index (χ0) is 15.3. The summed E-state index contributed by atoms with van der Waals surface area (Å²) in [7, 11) is 1.56. The molecule has 1 aliphatic carbocycles. The lowest BCUT2D eigenvalue weighted by atomic mass is 9.76. The summed E-state index contributed by atoms with van der Waals surface area (Å²) in [5.41, 5.74) is -0.586. The van der Waals surface area contributed by atoms with E-state index in [0.29, 0.717) is 19.0 Å². The smallest absolute Gasteiger partial charge is 0.353 e. The highest BCUT2D eigenvalue weighted by molar-refractivity contribution is 5.85. The van der Waals surface area contributed by atoms with E-state index in [1.165, 1.54) is 6.20 Å². The van der Waals surface area contributed by atoms with Gasteiger partial charge in [-0.25, -0.2) is 9.78 Å². The van der Waals surface area contributed by atoms with Crippen molar-refractivity contribution in [2.75, 3.05) is 26.9 Å². The number of nitrogens with one attached hydrogen (secondary N) is 2. The summed E-state index contributed by atoms with van der Waals surface area (Å²) in [5, 5.41) is 11.8. The van der Waals surface area contributed by atoms with Crippen LogP contribution in [0.15, 0.2) is 6.20 Å². The van der Waals surface area contributed by atoms with Crippen molar-refractivity contribution in [2.45, 2.75) is 24.8 Å². The highest BCUT2D eigenvalue weighted by Gasteiger charge is 2.42. The van der Waals surface area contributed by atoms with Crippen molar-refractivity contribution in [1.29, 1.82) is 0 Å². The van der Waals surface area contributed by atoms with Crippen molar-refractivity contribution in [3.8, 4) is 0 Å². The normalized spacial score (nSPS) is 16.2. The number of hydrogen-bond acceptors (Lipinski definition) is 5. The minimum atomic E-state index is -1.07. The Morgan fingerprint density at radius 1 is 1.48 bits per heavy atom. The molecule has 0 spiro atoms. The maximum atomic E-state index is 11.9. The van der Waals surface area contributed by atoms with E-state index < -0.39 is 11.5 Å². The van der Waals surface area contributed by atoms with Gasteiger partial charge in [0, 0.05) is 7.11 Å². The van der Waals surface area contributed by atoms with E-state index in [1.54, 1.807) is 7.11 Å². The third kappa shape index (κ3) is 3.59. The van der Waals surface area contributed by atoms with Gasteiger partial charge in [-0.2, -0.15) is 0 Å². The summed E-state index contributed by atoms with van der Waals surface area (Å²) < 4.78 is 9.99. The molecule has 0 bridgehead atoms. The predicted octanol–water partition coefficient (Wildman–Crippen LogP) is 0.266. The Kier molecular flexibility index (Phi) is 4.92. The van der Waals surface area contributed by atoms with Gasteiger partial charge in [-0.15, -0.1) is 0 Å². The molecular formula is C13H19N3O5. The molecule has 0 radical (unpaired) electrons. The van der Waals surface area contributed by atoms with Gasteiger partial charge in [-0.1, -0.05) is 0 Å². The lowest BCUT2D eigenvalue weighted by molar-refractivity contribution is -0.129. The van der Waals surface area contributed by atoms with Crippen LogP contribution in [0.25, 0.3) is 0 Å². The number of nitrogens with zero attached hydrogens (tertiary/aromatic N) is 1. The molecule has 1 aromatic rings. The minimum Gasteiger partial charge on any atom is -0.477 e. The maximum absolute atomic E-state index is 11.9. The Hall–Kier alpha value is -1.93. The van der Waals surface area contributed by atoms with Gasteiger partial charge in [-0.05, 0) is 19.3 Å². The van der Waals surface area contributed by atoms with Crippen LogP contribution < -0.4 is 5.32 Å². The summed E-state index contributed by atoms with van der Waals surface area (Å²) in [6.45, 7) is 0.719. The fraction of sp³-hybridized carbons (Fsp3) is 0.615. The van der Waals surface area contributed by atoms with Gasteiger partial charge >= 0.3 is 5.97 Å². The quantitative estimate of drug-likeness (QED) is 0.593. The topological polar surface area (TPSA) is 114 Å². The minimum absolute atomic E-state index is 0.0156. The van der Waals surface area contributed by atoms with Crippen LogP contribution in [-0.2, 0) is 19.8 Å². The third-order valence-electron chi connectivity index (χ3n) is 3.51. The Labute approximate surface area is 121 Å². The second kappa shape index (κ2) is 6.68. The first-order valence-electron chi connectivity index (χ1n) is 6.74. The Bertz CT molecular complexity index is 510. The Morgan fingerprint density at radius 2 is 2.24 bits per heavy atom. The molecule has 0 atom stereocenters. The molecule has 8 nitrogen and oxygen atoms in total. The van der Waals surface area contributed by atoms with Crippen molar-refractivity contribution in [3.63, 3.8) is 0 Å². The zero-order valence-electron chi connectivity index (χ0n) is 11.8. The SMILES string of the molecule is COCCOCC(=O)NC1(c2ncc(C(=O)O)[nH]2)CCC1. The maximum Gasteiger partial charge on any atom is 0.353 e. The molecule has 0 unspecified atom stereocenters. The largest absolute Gasteiger partial charge is 0.477 e. The van der Waals surface area contributed by atoms with Gasteiger partial charge in [0.05, 0.1) is 24.9 Å². The van der Waals surface area contributed by atoms with Crippen molar-refractivity contribution in [3.05, 3.63) is 17.7 Å². The van der Waals surface area contributed by atoms with Gasteiger partial charge in [0.1, 0.15) is 18.1 Å². The molecule has 1 amide bonds. The summed E-state index contributed by atoms with van der Waals surface area (Å²) in [6.07, 6.45) is 3.67.